The molecule has 0 saturated carbocycles. The lowest BCUT2D eigenvalue weighted by molar-refractivity contribution is -0.387. The number of halogens is 2. The van der Waals surface area contributed by atoms with Crippen molar-refractivity contribution in [1.29, 1.82) is 0 Å². The monoisotopic (exact) mass is 308 g/mol. The van der Waals surface area contributed by atoms with Crippen LogP contribution in [0.1, 0.15) is 13.8 Å². The highest BCUT2D eigenvalue weighted by Crippen LogP contribution is 2.24. The Bertz CT molecular complexity index is 674. The fourth-order valence-electron chi connectivity index (χ4n) is 1.24. The molecule has 1 N–H and O–H groups in total. The predicted octanol–water partition coefficient (Wildman–Crippen LogP) is 1.13. The number of carbonyl (C=O) groups is 1. The molecule has 10 heteroatoms. The molecule has 0 fully saturated rings. The number of nitrogens with zero attached hydrogens (tertiary/aromatic N) is 1. The number of hydrogen-bond donors (Lipinski definition) is 1. The summed E-state index contributed by atoms with van der Waals surface area (Å²) in [6.07, 6.45) is 0. The molecule has 0 saturated heterocycles. The van der Waals surface area contributed by atoms with Gasteiger partial charge < -0.3 is 0 Å². The van der Waals surface area contributed by atoms with E-state index in [-0.39, 0.29) is 12.1 Å². The molecule has 20 heavy (non-hydrogen) atoms. The van der Waals surface area contributed by atoms with Crippen molar-refractivity contribution < 1.29 is 26.9 Å². The van der Waals surface area contributed by atoms with Crippen molar-refractivity contribution in [3.05, 3.63) is 33.9 Å². The first-order valence-electron chi connectivity index (χ1n) is 5.22. The zero-order chi connectivity index (χ0) is 15.7. The molecule has 0 bridgehead atoms. The minimum atomic E-state index is -4.52. The van der Waals surface area contributed by atoms with E-state index in [0.717, 1.165) is 6.92 Å². The molecule has 0 spiro atoms. The first kappa shape index (κ1) is 16.1. The van der Waals surface area contributed by atoms with Crippen molar-refractivity contribution in [3.63, 3.8) is 0 Å². The molecular weight excluding hydrogens is 298 g/mol. The van der Waals surface area contributed by atoms with Gasteiger partial charge >= 0.3 is 5.69 Å². The lowest BCUT2D eigenvalue weighted by Gasteiger charge is -2.11. The van der Waals surface area contributed by atoms with Crippen molar-refractivity contribution in [3.8, 4) is 0 Å². The summed E-state index contributed by atoms with van der Waals surface area (Å²) in [5.74, 6) is -3.52. The average Bonchev–Trinajstić information content (AvgIpc) is 2.26. The number of nitro groups is 1. The van der Waals surface area contributed by atoms with Crippen LogP contribution in [0, 0.1) is 21.7 Å². The van der Waals surface area contributed by atoms with Gasteiger partial charge in [-0.05, 0) is 13.8 Å². The molecule has 1 atom stereocenters. The number of rotatable bonds is 5. The standard InChI is InChI=1S/C10H10F2N2O5S/c1-5(6(2)15)13-20(18,19)10-4-9(14(16)17)7(11)3-8(10)12/h3-5,13H,1-2H3. The fraction of sp³-hybridized carbons (Fsp3) is 0.300. The second-order valence-electron chi connectivity index (χ2n) is 3.94. The maximum absolute atomic E-state index is 13.5. The highest BCUT2D eigenvalue weighted by atomic mass is 32.2. The zero-order valence-corrected chi connectivity index (χ0v) is 11.2. The molecule has 7 nitrogen and oxygen atoms in total. The van der Waals surface area contributed by atoms with Crippen LogP contribution in [0.4, 0.5) is 14.5 Å². The third kappa shape index (κ3) is 3.33. The van der Waals surface area contributed by atoms with E-state index >= 15 is 0 Å². The van der Waals surface area contributed by atoms with E-state index in [0.29, 0.717) is 0 Å². The number of Topliss-reactive ketones (excluding diaryl/α,β-unsaturated/α-hetero) is 1. The van der Waals surface area contributed by atoms with Crippen molar-refractivity contribution in [2.24, 2.45) is 0 Å². The van der Waals surface area contributed by atoms with E-state index in [4.69, 9.17) is 0 Å². The summed E-state index contributed by atoms with van der Waals surface area (Å²) in [4.78, 5) is 19.2. The Morgan fingerprint density at radius 2 is 1.90 bits per heavy atom. The van der Waals surface area contributed by atoms with Crippen molar-refractivity contribution in [2.75, 3.05) is 0 Å². The van der Waals surface area contributed by atoms with Crippen molar-refractivity contribution in [1.82, 2.24) is 4.72 Å². The Morgan fingerprint density at radius 3 is 2.35 bits per heavy atom. The molecule has 0 aromatic heterocycles. The zero-order valence-electron chi connectivity index (χ0n) is 10.4. The molecule has 0 radical (unpaired) electrons. The summed E-state index contributed by atoms with van der Waals surface area (Å²) in [6, 6.07) is -0.783. The van der Waals surface area contributed by atoms with Gasteiger partial charge in [0, 0.05) is 12.1 Å². The molecule has 0 amide bonds. The maximum Gasteiger partial charge on any atom is 0.306 e. The summed E-state index contributed by atoms with van der Waals surface area (Å²) in [5.41, 5.74) is -1.18. The normalized spacial score (nSPS) is 13.0. The molecule has 0 heterocycles. The Balaban J connectivity index is 3.35. The molecule has 1 aromatic rings. The number of hydrogen-bond acceptors (Lipinski definition) is 5. The average molecular weight is 308 g/mol. The van der Waals surface area contributed by atoms with Crippen LogP contribution in [0.25, 0.3) is 0 Å². The second kappa shape index (κ2) is 5.59. The van der Waals surface area contributed by atoms with Gasteiger partial charge in [-0.3, -0.25) is 14.9 Å². The minimum Gasteiger partial charge on any atom is -0.298 e. The van der Waals surface area contributed by atoms with Crippen LogP contribution < -0.4 is 4.72 Å². The fourth-order valence-corrected chi connectivity index (χ4v) is 2.58. The van der Waals surface area contributed by atoms with Gasteiger partial charge in [0.05, 0.1) is 11.0 Å². The Labute approximate surface area is 112 Å². The predicted molar refractivity (Wildman–Crippen MR) is 63.5 cm³/mol. The topological polar surface area (TPSA) is 106 Å². The van der Waals surface area contributed by atoms with E-state index in [9.17, 15) is 32.1 Å². The minimum absolute atomic E-state index is 0.102. The van der Waals surface area contributed by atoms with Crippen LogP contribution in [0.3, 0.4) is 0 Å². The first-order valence-corrected chi connectivity index (χ1v) is 6.70. The van der Waals surface area contributed by atoms with Crippen LogP contribution in [-0.4, -0.2) is 25.2 Å². The quantitative estimate of drug-likeness (QED) is 0.648. The molecule has 0 aliphatic heterocycles. The second-order valence-corrected chi connectivity index (χ2v) is 5.63. The van der Waals surface area contributed by atoms with E-state index in [1.165, 1.54) is 6.92 Å². The Morgan fingerprint density at radius 1 is 1.35 bits per heavy atom. The van der Waals surface area contributed by atoms with E-state index in [2.05, 4.69) is 0 Å². The maximum atomic E-state index is 13.5. The van der Waals surface area contributed by atoms with Gasteiger partial charge in [0.15, 0.2) is 0 Å². The molecule has 1 unspecified atom stereocenters. The number of benzene rings is 1. The van der Waals surface area contributed by atoms with Crippen LogP contribution in [0.5, 0.6) is 0 Å². The summed E-state index contributed by atoms with van der Waals surface area (Å²) < 4.78 is 52.0. The third-order valence-electron chi connectivity index (χ3n) is 2.43. The van der Waals surface area contributed by atoms with E-state index in [1.54, 1.807) is 0 Å². The Hall–Kier alpha value is -1.94. The molecule has 110 valence electrons. The summed E-state index contributed by atoms with van der Waals surface area (Å²) in [5, 5.41) is 10.5. The van der Waals surface area contributed by atoms with Crippen LogP contribution in [0.2, 0.25) is 0 Å². The van der Waals surface area contributed by atoms with Crippen LogP contribution in [0.15, 0.2) is 17.0 Å². The van der Waals surface area contributed by atoms with Crippen molar-refractivity contribution >= 4 is 21.5 Å². The number of nitrogens with one attached hydrogen (secondary N) is 1. The molecule has 0 aliphatic rings. The summed E-state index contributed by atoms with van der Waals surface area (Å²) in [7, 11) is -4.52. The summed E-state index contributed by atoms with van der Waals surface area (Å²) >= 11 is 0. The third-order valence-corrected chi connectivity index (χ3v) is 3.99. The van der Waals surface area contributed by atoms with Gasteiger partial charge in [0.25, 0.3) is 0 Å². The van der Waals surface area contributed by atoms with E-state index < -0.39 is 49.0 Å². The lowest BCUT2D eigenvalue weighted by Crippen LogP contribution is -2.37. The number of ketones is 1. The molecule has 1 rings (SSSR count). The van der Waals surface area contributed by atoms with E-state index in [1.807, 2.05) is 4.72 Å². The number of nitro benzene ring substituents is 1. The van der Waals surface area contributed by atoms with Crippen molar-refractivity contribution in [2.45, 2.75) is 24.8 Å². The lowest BCUT2D eigenvalue weighted by atomic mass is 10.3. The van der Waals surface area contributed by atoms with Gasteiger partial charge in [0.1, 0.15) is 16.5 Å². The first-order chi connectivity index (χ1) is 9.06. The van der Waals surface area contributed by atoms with Gasteiger partial charge in [-0.1, -0.05) is 0 Å². The Kier molecular flexibility index (Phi) is 4.50. The van der Waals surface area contributed by atoms with Gasteiger partial charge in [-0.25, -0.2) is 17.5 Å². The highest BCUT2D eigenvalue weighted by molar-refractivity contribution is 7.89. The molecule has 0 aliphatic carbocycles. The van der Waals surface area contributed by atoms with Gasteiger partial charge in [-0.2, -0.15) is 4.39 Å². The van der Waals surface area contributed by atoms with Crippen LogP contribution >= 0.6 is 0 Å². The number of carbonyl (C=O) groups excluding carboxylic acids is 1. The largest absolute Gasteiger partial charge is 0.306 e. The van der Waals surface area contributed by atoms with Crippen LogP contribution in [-0.2, 0) is 14.8 Å². The summed E-state index contributed by atoms with van der Waals surface area (Å²) in [6.45, 7) is 2.33. The van der Waals surface area contributed by atoms with Gasteiger partial charge in [-0.15, -0.1) is 0 Å². The molecule has 1 aromatic carbocycles. The highest BCUT2D eigenvalue weighted by Gasteiger charge is 2.28. The molecular formula is C10H10F2N2O5S. The number of sulfonamides is 1. The smallest absolute Gasteiger partial charge is 0.298 e. The van der Waals surface area contributed by atoms with Gasteiger partial charge in [0.2, 0.25) is 15.8 Å². The SMILES string of the molecule is CC(=O)C(C)NS(=O)(=O)c1cc([N+](=O)[O-])c(F)cc1F.